The summed E-state index contributed by atoms with van der Waals surface area (Å²) in [5.41, 5.74) is -0.439. The van der Waals surface area contributed by atoms with E-state index < -0.39 is 11.7 Å². The second-order valence-electron chi connectivity index (χ2n) is 6.30. The molecule has 0 saturated heterocycles. The minimum absolute atomic E-state index is 0.228. The van der Waals surface area contributed by atoms with Gasteiger partial charge in [-0.15, -0.1) is 0 Å². The van der Waals surface area contributed by atoms with Crippen LogP contribution in [0.5, 0.6) is 0 Å². The second kappa shape index (κ2) is 6.55. The average Bonchev–Trinajstić information content (AvgIpc) is 2.27. The van der Waals surface area contributed by atoms with Crippen LogP contribution < -0.4 is 0 Å². The Morgan fingerprint density at radius 1 is 1.28 bits per heavy atom. The van der Waals surface area contributed by atoms with Crippen LogP contribution in [0.25, 0.3) is 0 Å². The molecule has 1 aliphatic rings. The third kappa shape index (κ3) is 4.97. The minimum atomic E-state index is -0.457. The number of hydrogen-bond donors (Lipinski definition) is 0. The lowest BCUT2D eigenvalue weighted by Gasteiger charge is -2.33. The van der Waals surface area contributed by atoms with Gasteiger partial charge >= 0.3 is 5.97 Å². The fraction of sp³-hybridized carbons (Fsp3) is 0.933. The summed E-state index contributed by atoms with van der Waals surface area (Å²) in [5.74, 6) is 0.353. The van der Waals surface area contributed by atoms with Gasteiger partial charge < -0.3 is 9.47 Å². The molecule has 0 radical (unpaired) electrons. The number of rotatable bonds is 4. The fourth-order valence-corrected chi connectivity index (χ4v) is 2.52. The predicted octanol–water partition coefficient (Wildman–Crippen LogP) is 3.70. The van der Waals surface area contributed by atoms with Crippen LogP contribution in [0.4, 0.5) is 0 Å². The first-order chi connectivity index (χ1) is 8.33. The molecule has 0 spiro atoms. The Morgan fingerprint density at radius 2 is 1.89 bits per heavy atom. The summed E-state index contributed by atoms with van der Waals surface area (Å²) >= 11 is 0. The van der Waals surface area contributed by atoms with Crippen molar-refractivity contribution in [2.75, 3.05) is 0 Å². The molecule has 0 aliphatic heterocycles. The lowest BCUT2D eigenvalue weighted by molar-refractivity contribution is -0.174. The van der Waals surface area contributed by atoms with E-state index in [1.54, 1.807) is 6.92 Å². The molecular weight excluding hydrogens is 228 g/mol. The molecule has 0 amide bonds. The van der Waals surface area contributed by atoms with Gasteiger partial charge in [0.05, 0.1) is 6.10 Å². The molecule has 1 fully saturated rings. The first-order valence-electron chi connectivity index (χ1n) is 7.21. The van der Waals surface area contributed by atoms with Crippen molar-refractivity contribution in [3.8, 4) is 0 Å². The maximum atomic E-state index is 11.9. The van der Waals surface area contributed by atoms with E-state index in [0.29, 0.717) is 5.92 Å². The molecule has 0 bridgehead atoms. The van der Waals surface area contributed by atoms with Gasteiger partial charge in [-0.3, -0.25) is 0 Å². The molecule has 0 aromatic heterocycles. The van der Waals surface area contributed by atoms with E-state index in [4.69, 9.17) is 9.47 Å². The van der Waals surface area contributed by atoms with E-state index in [-0.39, 0.29) is 12.1 Å². The zero-order valence-electron chi connectivity index (χ0n) is 12.5. The number of hydrogen-bond acceptors (Lipinski definition) is 3. The van der Waals surface area contributed by atoms with Crippen molar-refractivity contribution in [1.82, 2.24) is 0 Å². The maximum absolute atomic E-state index is 11.9. The number of ether oxygens (including phenoxy) is 2. The van der Waals surface area contributed by atoms with Gasteiger partial charge in [0.1, 0.15) is 5.60 Å². The molecule has 3 atom stereocenters. The van der Waals surface area contributed by atoms with Crippen molar-refractivity contribution in [3.05, 3.63) is 0 Å². The molecule has 3 unspecified atom stereocenters. The van der Waals surface area contributed by atoms with E-state index in [2.05, 4.69) is 6.92 Å². The standard InChI is InChI=1S/C15H28O3/c1-6-12-9-7-8-10-13(12)17-11(2)14(16)18-15(3,4)5/h11-13H,6-10H2,1-5H3. The smallest absolute Gasteiger partial charge is 0.335 e. The Kier molecular flexibility index (Phi) is 5.64. The lowest BCUT2D eigenvalue weighted by Crippen LogP contribution is -2.37. The van der Waals surface area contributed by atoms with E-state index in [9.17, 15) is 4.79 Å². The summed E-state index contributed by atoms with van der Waals surface area (Å²) in [7, 11) is 0. The monoisotopic (exact) mass is 256 g/mol. The van der Waals surface area contributed by atoms with Crippen LogP contribution in [-0.2, 0) is 14.3 Å². The Labute approximate surface area is 111 Å². The van der Waals surface area contributed by atoms with E-state index in [1.165, 1.54) is 19.3 Å². The molecular formula is C15H28O3. The Morgan fingerprint density at radius 3 is 2.44 bits per heavy atom. The van der Waals surface area contributed by atoms with Crippen molar-refractivity contribution >= 4 is 5.97 Å². The zero-order valence-corrected chi connectivity index (χ0v) is 12.5. The van der Waals surface area contributed by atoms with Gasteiger partial charge in [0.15, 0.2) is 6.10 Å². The van der Waals surface area contributed by atoms with Crippen LogP contribution >= 0.6 is 0 Å². The van der Waals surface area contributed by atoms with Gasteiger partial charge in [-0.2, -0.15) is 0 Å². The van der Waals surface area contributed by atoms with Crippen LogP contribution in [0.1, 0.15) is 66.7 Å². The summed E-state index contributed by atoms with van der Waals surface area (Å²) in [6.45, 7) is 9.65. The van der Waals surface area contributed by atoms with Crippen LogP contribution in [0.2, 0.25) is 0 Å². The SMILES string of the molecule is CCC1CCCCC1OC(C)C(=O)OC(C)(C)C. The zero-order chi connectivity index (χ0) is 13.8. The molecule has 1 saturated carbocycles. The van der Waals surface area contributed by atoms with Gasteiger partial charge in [0, 0.05) is 0 Å². The third-order valence-corrected chi connectivity index (χ3v) is 3.48. The number of carbonyl (C=O) groups is 1. The maximum Gasteiger partial charge on any atom is 0.335 e. The molecule has 0 N–H and O–H groups in total. The van der Waals surface area contributed by atoms with E-state index >= 15 is 0 Å². The summed E-state index contributed by atoms with van der Waals surface area (Å²) in [6, 6.07) is 0. The summed E-state index contributed by atoms with van der Waals surface area (Å²) < 4.78 is 11.3. The quantitative estimate of drug-likeness (QED) is 0.719. The summed E-state index contributed by atoms with van der Waals surface area (Å²) in [6.07, 6.45) is 5.70. The molecule has 0 aromatic carbocycles. The van der Waals surface area contributed by atoms with Crippen molar-refractivity contribution in [2.24, 2.45) is 5.92 Å². The van der Waals surface area contributed by atoms with Crippen LogP contribution in [-0.4, -0.2) is 23.8 Å². The summed E-state index contributed by atoms with van der Waals surface area (Å²) in [4.78, 5) is 11.9. The third-order valence-electron chi connectivity index (χ3n) is 3.48. The Bertz CT molecular complexity index is 267. The second-order valence-corrected chi connectivity index (χ2v) is 6.30. The fourth-order valence-electron chi connectivity index (χ4n) is 2.52. The highest BCUT2D eigenvalue weighted by atomic mass is 16.6. The molecule has 106 valence electrons. The summed E-state index contributed by atoms with van der Waals surface area (Å²) in [5, 5.41) is 0. The highest BCUT2D eigenvalue weighted by Gasteiger charge is 2.29. The van der Waals surface area contributed by atoms with Crippen molar-refractivity contribution in [1.29, 1.82) is 0 Å². The van der Waals surface area contributed by atoms with Gasteiger partial charge in [-0.05, 0) is 46.5 Å². The Balaban J connectivity index is 2.47. The van der Waals surface area contributed by atoms with Gasteiger partial charge in [0.25, 0.3) is 0 Å². The lowest BCUT2D eigenvalue weighted by atomic mass is 9.84. The first-order valence-corrected chi connectivity index (χ1v) is 7.21. The Hall–Kier alpha value is -0.570. The number of esters is 1. The van der Waals surface area contributed by atoms with Crippen molar-refractivity contribution in [2.45, 2.75) is 84.5 Å². The molecule has 18 heavy (non-hydrogen) atoms. The van der Waals surface area contributed by atoms with Gasteiger partial charge in [-0.1, -0.05) is 26.2 Å². The highest BCUT2D eigenvalue weighted by Crippen LogP contribution is 2.30. The molecule has 0 aromatic rings. The molecule has 3 nitrogen and oxygen atoms in total. The van der Waals surface area contributed by atoms with Crippen molar-refractivity contribution < 1.29 is 14.3 Å². The van der Waals surface area contributed by atoms with Crippen LogP contribution in [0, 0.1) is 5.92 Å². The largest absolute Gasteiger partial charge is 0.458 e. The van der Waals surface area contributed by atoms with Gasteiger partial charge in [0.2, 0.25) is 0 Å². The average molecular weight is 256 g/mol. The topological polar surface area (TPSA) is 35.5 Å². The van der Waals surface area contributed by atoms with Crippen molar-refractivity contribution in [3.63, 3.8) is 0 Å². The normalized spacial score (nSPS) is 26.7. The molecule has 1 aliphatic carbocycles. The predicted molar refractivity (Wildman–Crippen MR) is 72.4 cm³/mol. The molecule has 3 heteroatoms. The van der Waals surface area contributed by atoms with Gasteiger partial charge in [-0.25, -0.2) is 4.79 Å². The minimum Gasteiger partial charge on any atom is -0.458 e. The van der Waals surface area contributed by atoms with E-state index in [1.807, 2.05) is 20.8 Å². The van der Waals surface area contributed by atoms with E-state index in [0.717, 1.165) is 12.8 Å². The molecule has 0 heterocycles. The highest BCUT2D eigenvalue weighted by molar-refractivity contribution is 5.74. The molecule has 1 rings (SSSR count). The van der Waals surface area contributed by atoms with Crippen LogP contribution in [0.15, 0.2) is 0 Å². The first kappa shape index (κ1) is 15.5. The number of carbonyl (C=O) groups excluding carboxylic acids is 1. The van der Waals surface area contributed by atoms with Crippen LogP contribution in [0.3, 0.4) is 0 Å².